The lowest BCUT2D eigenvalue weighted by Crippen LogP contribution is -2.36. The molecule has 2 heterocycles. The third-order valence-electron chi connectivity index (χ3n) is 4.60. The molecule has 0 unspecified atom stereocenters. The fourth-order valence-corrected chi connectivity index (χ4v) is 3.40. The monoisotopic (exact) mass is 335 g/mol. The Bertz CT molecular complexity index is 767. The van der Waals surface area contributed by atoms with Crippen molar-refractivity contribution < 1.29 is 4.74 Å². The molecule has 0 radical (unpaired) electrons. The van der Waals surface area contributed by atoms with Crippen LogP contribution in [-0.4, -0.2) is 33.3 Å². The van der Waals surface area contributed by atoms with Crippen molar-refractivity contribution in [1.29, 1.82) is 0 Å². The van der Waals surface area contributed by atoms with Crippen LogP contribution in [0.5, 0.6) is 11.5 Å². The Hall–Kier alpha value is -2.73. The van der Waals surface area contributed by atoms with Gasteiger partial charge in [-0.1, -0.05) is 30.3 Å². The molecule has 0 saturated carbocycles. The summed E-state index contributed by atoms with van der Waals surface area (Å²) in [6.45, 7) is 2.05. The summed E-state index contributed by atoms with van der Waals surface area (Å²) in [5.41, 5.74) is 1.17. The van der Waals surface area contributed by atoms with Crippen LogP contribution in [0.2, 0.25) is 0 Å². The molecule has 1 N–H and O–H groups in total. The van der Waals surface area contributed by atoms with Gasteiger partial charge >= 0.3 is 0 Å². The molecule has 0 aliphatic carbocycles. The van der Waals surface area contributed by atoms with Crippen molar-refractivity contribution in [3.8, 4) is 11.5 Å². The fraction of sp³-hybridized carbons (Fsp3) is 0.316. The molecule has 128 valence electrons. The lowest BCUT2D eigenvalue weighted by Gasteiger charge is -2.30. The van der Waals surface area contributed by atoms with Gasteiger partial charge in [0.25, 0.3) is 0 Å². The van der Waals surface area contributed by atoms with Crippen LogP contribution >= 0.6 is 0 Å². The van der Waals surface area contributed by atoms with E-state index in [9.17, 15) is 0 Å². The normalized spacial score (nSPS) is 18.6. The van der Waals surface area contributed by atoms with Gasteiger partial charge in [0.2, 0.25) is 0 Å². The quantitative estimate of drug-likeness (QED) is 0.776. The first-order valence-corrected chi connectivity index (χ1v) is 8.66. The zero-order valence-electron chi connectivity index (χ0n) is 14.0. The molecule has 1 fully saturated rings. The van der Waals surface area contributed by atoms with E-state index < -0.39 is 0 Å². The van der Waals surface area contributed by atoms with Gasteiger partial charge in [0.15, 0.2) is 6.33 Å². The van der Waals surface area contributed by atoms with Gasteiger partial charge in [-0.25, -0.2) is 0 Å². The van der Waals surface area contributed by atoms with Crippen molar-refractivity contribution in [2.75, 3.05) is 13.1 Å². The Balaban J connectivity index is 1.57. The van der Waals surface area contributed by atoms with Gasteiger partial charge < -0.3 is 10.1 Å². The molecule has 3 aromatic rings. The zero-order valence-corrected chi connectivity index (χ0v) is 14.0. The Morgan fingerprint density at radius 1 is 1.04 bits per heavy atom. The van der Waals surface area contributed by atoms with Crippen molar-refractivity contribution in [2.24, 2.45) is 5.92 Å². The molecule has 1 aromatic heterocycles. The van der Waals surface area contributed by atoms with Crippen LogP contribution in [0.25, 0.3) is 0 Å². The van der Waals surface area contributed by atoms with E-state index in [0.29, 0.717) is 5.92 Å². The Morgan fingerprint density at radius 2 is 1.84 bits per heavy atom. The van der Waals surface area contributed by atoms with Crippen molar-refractivity contribution in [3.63, 3.8) is 0 Å². The van der Waals surface area contributed by atoms with Crippen molar-refractivity contribution >= 4 is 0 Å². The van der Waals surface area contributed by atoms with Crippen molar-refractivity contribution in [2.45, 2.75) is 18.9 Å². The van der Waals surface area contributed by atoms with Gasteiger partial charge in [-0.05, 0) is 60.3 Å². The number of piperidine rings is 1. The molecule has 1 saturated heterocycles. The molecule has 6 nitrogen and oxygen atoms in total. The Kier molecular flexibility index (Phi) is 4.70. The van der Waals surface area contributed by atoms with Crippen LogP contribution in [-0.2, 0) is 0 Å². The first kappa shape index (κ1) is 15.8. The predicted molar refractivity (Wildman–Crippen MR) is 94.5 cm³/mol. The maximum Gasteiger partial charge on any atom is 0.162 e. The van der Waals surface area contributed by atoms with Gasteiger partial charge in [0, 0.05) is 6.54 Å². The summed E-state index contributed by atoms with van der Waals surface area (Å²) >= 11 is 0. The number of hydrogen-bond acceptors (Lipinski definition) is 5. The Morgan fingerprint density at radius 3 is 2.52 bits per heavy atom. The van der Waals surface area contributed by atoms with Crippen LogP contribution < -0.4 is 10.1 Å². The summed E-state index contributed by atoms with van der Waals surface area (Å²) in [7, 11) is 0. The number of nitrogens with one attached hydrogen (secondary N) is 1. The number of ether oxygens (including phenoxy) is 1. The fourth-order valence-electron chi connectivity index (χ4n) is 3.40. The van der Waals surface area contributed by atoms with Crippen molar-refractivity contribution in [1.82, 2.24) is 25.5 Å². The molecule has 2 aromatic carbocycles. The summed E-state index contributed by atoms with van der Waals surface area (Å²) in [5, 5.41) is 15.8. The minimum Gasteiger partial charge on any atom is -0.457 e. The molecule has 2 atom stereocenters. The standard InChI is InChI=1S/C19H21N5O/c1-2-6-17(7-3-1)25-18-10-8-15(9-11-18)19(24-22-14-21-23-24)16-5-4-12-20-13-16/h1-3,6-11,14,16,19-20H,4-5,12-13H2/t16-,19-/m0/s1. The summed E-state index contributed by atoms with van der Waals surface area (Å²) in [6.07, 6.45) is 3.82. The van der Waals surface area contributed by atoms with Crippen molar-refractivity contribution in [3.05, 3.63) is 66.5 Å². The second-order valence-corrected chi connectivity index (χ2v) is 6.29. The third-order valence-corrected chi connectivity index (χ3v) is 4.60. The maximum atomic E-state index is 5.89. The largest absolute Gasteiger partial charge is 0.457 e. The molecule has 1 aliphatic heterocycles. The summed E-state index contributed by atoms with van der Waals surface area (Å²) in [6, 6.07) is 18.1. The topological polar surface area (TPSA) is 64.9 Å². The van der Waals surface area contributed by atoms with Gasteiger partial charge in [-0.3, -0.25) is 0 Å². The highest BCUT2D eigenvalue weighted by Gasteiger charge is 2.28. The van der Waals surface area contributed by atoms with Gasteiger partial charge in [0.05, 0.1) is 0 Å². The van der Waals surface area contributed by atoms with E-state index in [1.165, 1.54) is 18.3 Å². The number of tetrazole rings is 1. The first-order chi connectivity index (χ1) is 12.4. The summed E-state index contributed by atoms with van der Waals surface area (Å²) in [5.74, 6) is 2.10. The van der Waals surface area contributed by atoms with Crippen LogP contribution in [0, 0.1) is 5.92 Å². The highest BCUT2D eigenvalue weighted by Crippen LogP contribution is 2.31. The van der Waals surface area contributed by atoms with Crippen LogP contribution in [0.4, 0.5) is 0 Å². The molecule has 0 spiro atoms. The predicted octanol–water partition coefficient (Wildman–Crippen LogP) is 3.05. The molecule has 25 heavy (non-hydrogen) atoms. The van der Waals surface area contributed by atoms with E-state index in [0.717, 1.165) is 31.0 Å². The highest BCUT2D eigenvalue weighted by atomic mass is 16.5. The molecular formula is C19H21N5O. The minimum absolute atomic E-state index is 0.0843. The van der Waals surface area contributed by atoms with Gasteiger partial charge in [-0.2, -0.15) is 4.80 Å². The van der Waals surface area contributed by atoms with Crippen LogP contribution in [0.15, 0.2) is 60.9 Å². The van der Waals surface area contributed by atoms with Crippen LogP contribution in [0.1, 0.15) is 24.4 Å². The second-order valence-electron chi connectivity index (χ2n) is 6.29. The number of rotatable bonds is 5. The maximum absolute atomic E-state index is 5.89. The average molecular weight is 335 g/mol. The third kappa shape index (κ3) is 3.69. The molecule has 1 aliphatic rings. The molecule has 0 bridgehead atoms. The lowest BCUT2D eigenvalue weighted by atomic mass is 9.87. The van der Waals surface area contributed by atoms with Gasteiger partial charge in [0.1, 0.15) is 17.5 Å². The molecule has 6 heteroatoms. The minimum atomic E-state index is 0.0843. The first-order valence-electron chi connectivity index (χ1n) is 8.66. The van der Waals surface area contributed by atoms with E-state index >= 15 is 0 Å². The van der Waals surface area contributed by atoms with E-state index in [2.05, 4.69) is 32.9 Å². The number of aromatic nitrogens is 4. The molecule has 0 amide bonds. The summed E-state index contributed by atoms with van der Waals surface area (Å²) in [4.78, 5) is 1.73. The van der Waals surface area contributed by atoms with E-state index in [1.807, 2.05) is 42.5 Å². The molecular weight excluding hydrogens is 314 g/mol. The van der Waals surface area contributed by atoms with E-state index in [4.69, 9.17) is 4.74 Å². The summed E-state index contributed by atoms with van der Waals surface area (Å²) < 4.78 is 5.89. The number of hydrogen-bond donors (Lipinski definition) is 1. The smallest absolute Gasteiger partial charge is 0.162 e. The number of nitrogens with zero attached hydrogens (tertiary/aromatic N) is 4. The lowest BCUT2D eigenvalue weighted by molar-refractivity contribution is 0.261. The van der Waals surface area contributed by atoms with Gasteiger partial charge in [-0.15, -0.1) is 10.2 Å². The highest BCUT2D eigenvalue weighted by molar-refractivity contribution is 5.34. The second kappa shape index (κ2) is 7.44. The van der Waals surface area contributed by atoms with E-state index in [-0.39, 0.29) is 6.04 Å². The SMILES string of the molecule is c1ccc(Oc2ccc([C@@H]([C@H]3CCCNC3)n3ncnn3)cc2)cc1. The number of para-hydroxylation sites is 1. The van der Waals surface area contributed by atoms with Crippen LogP contribution in [0.3, 0.4) is 0 Å². The average Bonchev–Trinajstić information content (AvgIpc) is 3.19. The molecule has 4 rings (SSSR count). The Labute approximate surface area is 146 Å². The van der Waals surface area contributed by atoms with E-state index in [1.54, 1.807) is 4.80 Å². The number of benzene rings is 2. The zero-order chi connectivity index (χ0) is 16.9.